The summed E-state index contributed by atoms with van der Waals surface area (Å²) in [5, 5.41) is 0. The maximum absolute atomic E-state index is 13.1. The fourth-order valence-corrected chi connectivity index (χ4v) is 4.01. The molecule has 0 atom stereocenters. The Morgan fingerprint density at radius 3 is 1.97 bits per heavy atom. The van der Waals surface area contributed by atoms with Crippen LogP contribution in [-0.2, 0) is 9.84 Å². The fourth-order valence-electron chi connectivity index (χ4n) is 3.38. The van der Waals surface area contributed by atoms with Gasteiger partial charge in [0, 0.05) is 17.4 Å². The standard InChI is InChI=1S/C25H20O5S/c1-29-20-12-8-18(9-13-20)23-16-22(17-6-4-3-5-7-17)24(25(26)30-23)19-10-14-21(15-11-19)31(2,27)28/h3-16H,1-2H3. The summed E-state index contributed by atoms with van der Waals surface area (Å²) in [4.78, 5) is 13.3. The molecular weight excluding hydrogens is 412 g/mol. The highest BCUT2D eigenvalue weighted by Gasteiger charge is 2.17. The van der Waals surface area contributed by atoms with E-state index in [1.54, 1.807) is 31.4 Å². The zero-order valence-corrected chi connectivity index (χ0v) is 17.8. The van der Waals surface area contributed by atoms with Gasteiger partial charge in [0.15, 0.2) is 9.84 Å². The third kappa shape index (κ3) is 4.29. The van der Waals surface area contributed by atoms with Crippen LogP contribution in [0.5, 0.6) is 5.75 Å². The van der Waals surface area contributed by atoms with Crippen molar-refractivity contribution >= 4 is 9.84 Å². The summed E-state index contributed by atoms with van der Waals surface area (Å²) in [5.41, 5.74) is 2.76. The quantitative estimate of drug-likeness (QED) is 0.441. The van der Waals surface area contributed by atoms with Crippen LogP contribution in [-0.4, -0.2) is 21.8 Å². The molecule has 1 aromatic heterocycles. The number of ether oxygens (including phenoxy) is 1. The minimum absolute atomic E-state index is 0.191. The first-order valence-corrected chi connectivity index (χ1v) is 11.4. The van der Waals surface area contributed by atoms with Crippen molar-refractivity contribution in [1.29, 1.82) is 0 Å². The van der Waals surface area contributed by atoms with Crippen molar-refractivity contribution in [3.8, 4) is 39.3 Å². The van der Waals surface area contributed by atoms with Crippen molar-refractivity contribution < 1.29 is 17.6 Å². The summed E-state index contributed by atoms with van der Waals surface area (Å²) < 4.78 is 34.5. The van der Waals surface area contributed by atoms with E-state index >= 15 is 0 Å². The molecule has 0 unspecified atom stereocenters. The van der Waals surface area contributed by atoms with E-state index in [1.807, 2.05) is 48.5 Å². The molecule has 0 N–H and O–H groups in total. The van der Waals surface area contributed by atoms with Gasteiger partial charge in [0.05, 0.1) is 17.6 Å². The molecule has 4 rings (SSSR count). The number of sulfone groups is 1. The summed E-state index contributed by atoms with van der Waals surface area (Å²) in [6.45, 7) is 0. The number of hydrogen-bond acceptors (Lipinski definition) is 5. The number of benzene rings is 3. The Bertz CT molecular complexity index is 1370. The first kappa shape index (κ1) is 20.6. The molecule has 4 aromatic rings. The zero-order valence-electron chi connectivity index (χ0n) is 17.0. The Morgan fingerprint density at radius 1 is 0.774 bits per heavy atom. The van der Waals surface area contributed by atoms with Crippen LogP contribution in [0.15, 0.2) is 99.0 Å². The first-order chi connectivity index (χ1) is 14.9. The molecule has 0 saturated carbocycles. The molecule has 0 amide bonds. The van der Waals surface area contributed by atoms with E-state index in [4.69, 9.17) is 9.15 Å². The van der Waals surface area contributed by atoms with E-state index < -0.39 is 15.5 Å². The van der Waals surface area contributed by atoms with Crippen molar-refractivity contribution in [2.45, 2.75) is 4.90 Å². The second-order valence-corrected chi connectivity index (χ2v) is 9.09. The van der Waals surface area contributed by atoms with Gasteiger partial charge < -0.3 is 9.15 Å². The molecule has 6 heteroatoms. The van der Waals surface area contributed by atoms with Crippen LogP contribution in [0.3, 0.4) is 0 Å². The smallest absolute Gasteiger partial charge is 0.344 e. The molecule has 0 aliphatic rings. The highest BCUT2D eigenvalue weighted by molar-refractivity contribution is 7.90. The maximum Gasteiger partial charge on any atom is 0.344 e. The van der Waals surface area contributed by atoms with Crippen molar-refractivity contribution in [3.05, 3.63) is 95.3 Å². The molecule has 0 saturated heterocycles. The monoisotopic (exact) mass is 432 g/mol. The van der Waals surface area contributed by atoms with E-state index in [1.165, 1.54) is 12.1 Å². The predicted octanol–water partition coefficient (Wildman–Crippen LogP) is 5.05. The van der Waals surface area contributed by atoms with Gasteiger partial charge >= 0.3 is 5.63 Å². The topological polar surface area (TPSA) is 73.6 Å². The first-order valence-electron chi connectivity index (χ1n) is 9.55. The van der Waals surface area contributed by atoms with Gasteiger partial charge in [-0.25, -0.2) is 13.2 Å². The fraction of sp³-hybridized carbons (Fsp3) is 0.0800. The Kier molecular flexibility index (Phi) is 5.48. The summed E-state index contributed by atoms with van der Waals surface area (Å²) >= 11 is 0. The highest BCUT2D eigenvalue weighted by atomic mass is 32.2. The van der Waals surface area contributed by atoms with Gasteiger partial charge in [-0.2, -0.15) is 0 Å². The van der Waals surface area contributed by atoms with Gasteiger partial charge in [-0.3, -0.25) is 0 Å². The predicted molar refractivity (Wildman–Crippen MR) is 121 cm³/mol. The van der Waals surface area contributed by atoms with E-state index in [0.29, 0.717) is 28.2 Å². The van der Waals surface area contributed by atoms with E-state index in [0.717, 1.165) is 17.4 Å². The Balaban J connectivity index is 1.91. The largest absolute Gasteiger partial charge is 0.497 e. The van der Waals surface area contributed by atoms with Crippen molar-refractivity contribution in [2.75, 3.05) is 13.4 Å². The number of hydrogen-bond donors (Lipinski definition) is 0. The Morgan fingerprint density at radius 2 is 1.39 bits per heavy atom. The molecule has 0 radical (unpaired) electrons. The lowest BCUT2D eigenvalue weighted by Gasteiger charge is -2.12. The molecule has 0 aliphatic heterocycles. The number of rotatable bonds is 5. The summed E-state index contributed by atoms with van der Waals surface area (Å²) in [7, 11) is -1.74. The van der Waals surface area contributed by atoms with Gasteiger partial charge in [-0.1, -0.05) is 42.5 Å². The second kappa shape index (κ2) is 8.24. The lowest BCUT2D eigenvalue weighted by molar-refractivity contribution is 0.415. The lowest BCUT2D eigenvalue weighted by atomic mass is 9.95. The van der Waals surface area contributed by atoms with E-state index in [9.17, 15) is 13.2 Å². The Hall–Kier alpha value is -3.64. The van der Waals surface area contributed by atoms with Crippen LogP contribution in [0.25, 0.3) is 33.6 Å². The molecule has 0 fully saturated rings. The highest BCUT2D eigenvalue weighted by Crippen LogP contribution is 2.34. The van der Waals surface area contributed by atoms with Gasteiger partial charge in [0.1, 0.15) is 11.5 Å². The molecule has 5 nitrogen and oxygen atoms in total. The van der Waals surface area contributed by atoms with E-state index in [2.05, 4.69) is 0 Å². The van der Waals surface area contributed by atoms with Gasteiger partial charge in [-0.05, 0) is 53.6 Å². The summed E-state index contributed by atoms with van der Waals surface area (Å²) in [5.74, 6) is 1.14. The number of methoxy groups -OCH3 is 1. The van der Waals surface area contributed by atoms with Gasteiger partial charge in [0.25, 0.3) is 0 Å². The third-order valence-electron chi connectivity index (χ3n) is 4.98. The third-order valence-corrected chi connectivity index (χ3v) is 6.11. The molecule has 156 valence electrons. The van der Waals surface area contributed by atoms with Crippen LogP contribution >= 0.6 is 0 Å². The zero-order chi connectivity index (χ0) is 22.0. The SMILES string of the molecule is COc1ccc(-c2cc(-c3ccccc3)c(-c3ccc(S(C)(=O)=O)cc3)c(=O)o2)cc1. The molecule has 31 heavy (non-hydrogen) atoms. The van der Waals surface area contributed by atoms with Crippen molar-refractivity contribution in [1.82, 2.24) is 0 Å². The molecule has 3 aromatic carbocycles. The molecule has 0 bridgehead atoms. The maximum atomic E-state index is 13.1. The normalized spacial score (nSPS) is 11.3. The molecule has 0 spiro atoms. The average molecular weight is 432 g/mol. The molecular formula is C25H20O5S. The van der Waals surface area contributed by atoms with Crippen molar-refractivity contribution in [3.63, 3.8) is 0 Å². The minimum Gasteiger partial charge on any atom is -0.497 e. The van der Waals surface area contributed by atoms with Gasteiger partial charge in [0.2, 0.25) is 0 Å². The minimum atomic E-state index is -3.33. The van der Waals surface area contributed by atoms with Gasteiger partial charge in [-0.15, -0.1) is 0 Å². The molecule has 1 heterocycles. The van der Waals surface area contributed by atoms with Crippen LogP contribution in [0.2, 0.25) is 0 Å². The van der Waals surface area contributed by atoms with Crippen molar-refractivity contribution in [2.24, 2.45) is 0 Å². The lowest BCUT2D eigenvalue weighted by Crippen LogP contribution is -2.06. The second-order valence-electron chi connectivity index (χ2n) is 7.08. The van der Waals surface area contributed by atoms with E-state index in [-0.39, 0.29) is 4.90 Å². The summed E-state index contributed by atoms with van der Waals surface area (Å²) in [6, 6.07) is 24.9. The van der Waals surface area contributed by atoms with Crippen LogP contribution in [0.1, 0.15) is 0 Å². The molecule has 0 aliphatic carbocycles. The average Bonchev–Trinajstić information content (AvgIpc) is 2.79. The van der Waals surface area contributed by atoms with Crippen LogP contribution in [0.4, 0.5) is 0 Å². The van der Waals surface area contributed by atoms with Crippen LogP contribution in [0, 0.1) is 0 Å². The Labute approximate surface area is 180 Å². The summed E-state index contributed by atoms with van der Waals surface area (Å²) in [6.07, 6.45) is 1.15. The van der Waals surface area contributed by atoms with Crippen LogP contribution < -0.4 is 10.4 Å².